The van der Waals surface area contributed by atoms with Gasteiger partial charge in [0, 0.05) is 16.9 Å². The molecule has 11 heteroatoms. The fraction of sp³-hybridized carbons (Fsp3) is 0.0500. The van der Waals surface area contributed by atoms with Crippen molar-refractivity contribution in [3.8, 4) is 0 Å². The van der Waals surface area contributed by atoms with E-state index in [1.165, 1.54) is 54.6 Å². The number of nitrogens with two attached hydrogens (primary N) is 1. The second-order valence-electron chi connectivity index (χ2n) is 6.18. The molecule has 0 aliphatic heterocycles. The van der Waals surface area contributed by atoms with Crippen LogP contribution >= 0.6 is 11.3 Å². The van der Waals surface area contributed by atoms with Crippen LogP contribution in [0.2, 0.25) is 0 Å². The first kappa shape index (κ1) is 22.0. The number of nitrogens with one attached hydrogen (secondary N) is 2. The highest BCUT2D eigenvalue weighted by Crippen LogP contribution is 2.20. The van der Waals surface area contributed by atoms with Gasteiger partial charge < -0.3 is 15.8 Å². The van der Waals surface area contributed by atoms with E-state index >= 15 is 0 Å². The Kier molecular flexibility index (Phi) is 6.68. The largest absolute Gasteiger partial charge is 0.452 e. The highest BCUT2D eigenvalue weighted by molar-refractivity contribution is 7.94. The Balaban J connectivity index is 1.52. The third-order valence-corrected chi connectivity index (χ3v) is 6.70. The van der Waals surface area contributed by atoms with E-state index in [9.17, 15) is 22.8 Å². The van der Waals surface area contributed by atoms with Crippen molar-refractivity contribution in [1.29, 1.82) is 0 Å². The fourth-order valence-corrected chi connectivity index (χ4v) is 4.48. The average Bonchev–Trinajstić information content (AvgIpc) is 3.29. The minimum Gasteiger partial charge on any atom is -0.452 e. The smallest absolute Gasteiger partial charge is 0.338 e. The van der Waals surface area contributed by atoms with Gasteiger partial charge in [-0.25, -0.2) is 13.2 Å². The Morgan fingerprint density at radius 1 is 0.903 bits per heavy atom. The highest BCUT2D eigenvalue weighted by atomic mass is 32.2. The molecule has 0 fully saturated rings. The van der Waals surface area contributed by atoms with Crippen LogP contribution in [0.3, 0.4) is 0 Å². The number of amides is 2. The number of anilines is 2. The number of esters is 1. The van der Waals surface area contributed by atoms with E-state index in [1.54, 1.807) is 11.4 Å². The third-order valence-electron chi connectivity index (χ3n) is 3.92. The summed E-state index contributed by atoms with van der Waals surface area (Å²) in [6.45, 7) is -0.525. The first-order valence-electron chi connectivity index (χ1n) is 8.78. The maximum absolute atomic E-state index is 12.2. The maximum atomic E-state index is 12.2. The Morgan fingerprint density at radius 2 is 1.52 bits per heavy atom. The van der Waals surface area contributed by atoms with Crippen molar-refractivity contribution in [1.82, 2.24) is 0 Å². The zero-order valence-electron chi connectivity index (χ0n) is 15.9. The molecule has 160 valence electrons. The van der Waals surface area contributed by atoms with Gasteiger partial charge in [0.05, 0.1) is 5.56 Å². The molecule has 9 nitrogen and oxygen atoms in total. The molecule has 0 atom stereocenters. The summed E-state index contributed by atoms with van der Waals surface area (Å²) >= 11 is 1.09. The Morgan fingerprint density at radius 3 is 2.10 bits per heavy atom. The quantitative estimate of drug-likeness (QED) is 0.441. The number of primary amides is 1. The summed E-state index contributed by atoms with van der Waals surface area (Å²) in [4.78, 5) is 35.1. The van der Waals surface area contributed by atoms with Crippen LogP contribution in [-0.4, -0.2) is 32.8 Å². The molecular formula is C20H17N3O6S2. The molecule has 0 spiro atoms. The van der Waals surface area contributed by atoms with Crippen LogP contribution in [0.1, 0.15) is 20.7 Å². The van der Waals surface area contributed by atoms with E-state index < -0.39 is 34.4 Å². The van der Waals surface area contributed by atoms with Crippen molar-refractivity contribution >= 4 is 50.5 Å². The highest BCUT2D eigenvalue weighted by Gasteiger charge is 2.16. The molecule has 0 aliphatic carbocycles. The predicted molar refractivity (Wildman–Crippen MR) is 115 cm³/mol. The van der Waals surface area contributed by atoms with Crippen LogP contribution < -0.4 is 15.8 Å². The minimum atomic E-state index is -3.69. The van der Waals surface area contributed by atoms with Crippen LogP contribution in [0.25, 0.3) is 0 Å². The van der Waals surface area contributed by atoms with E-state index in [0.717, 1.165) is 11.3 Å². The summed E-state index contributed by atoms with van der Waals surface area (Å²) in [6.07, 6.45) is 0. The fourth-order valence-electron chi connectivity index (χ4n) is 2.43. The lowest BCUT2D eigenvalue weighted by molar-refractivity contribution is -0.119. The number of benzene rings is 2. The number of rotatable bonds is 8. The second kappa shape index (κ2) is 9.41. The number of thiophene rings is 1. The van der Waals surface area contributed by atoms with Gasteiger partial charge in [0.15, 0.2) is 6.61 Å². The molecule has 1 heterocycles. The molecule has 0 saturated heterocycles. The summed E-state index contributed by atoms with van der Waals surface area (Å²) in [5, 5.41) is 4.17. The van der Waals surface area contributed by atoms with Crippen molar-refractivity contribution in [3.05, 3.63) is 77.2 Å². The number of hydrogen-bond acceptors (Lipinski definition) is 7. The van der Waals surface area contributed by atoms with Crippen molar-refractivity contribution in [2.24, 2.45) is 5.73 Å². The molecular weight excluding hydrogens is 442 g/mol. The molecule has 0 unspecified atom stereocenters. The first-order chi connectivity index (χ1) is 14.7. The number of sulfonamides is 1. The Labute approximate surface area is 181 Å². The second-order valence-corrected chi connectivity index (χ2v) is 9.04. The van der Waals surface area contributed by atoms with Gasteiger partial charge >= 0.3 is 5.97 Å². The monoisotopic (exact) mass is 459 g/mol. The lowest BCUT2D eigenvalue weighted by Gasteiger charge is -2.08. The Hall–Kier alpha value is -3.70. The molecule has 0 radical (unpaired) electrons. The SMILES string of the molecule is NC(=O)c1ccc(NC(=O)COC(=O)c2ccc(NS(=O)(=O)c3cccs3)cc2)cc1. The van der Waals surface area contributed by atoms with Gasteiger partial charge in [-0.3, -0.25) is 14.3 Å². The number of hydrogen-bond donors (Lipinski definition) is 3. The predicted octanol–water partition coefficient (Wildman–Crippen LogP) is 2.44. The summed E-state index contributed by atoms with van der Waals surface area (Å²) in [6, 6.07) is 14.6. The van der Waals surface area contributed by atoms with E-state index in [2.05, 4.69) is 10.0 Å². The van der Waals surface area contributed by atoms with Gasteiger partial charge in [-0.1, -0.05) is 6.07 Å². The maximum Gasteiger partial charge on any atom is 0.338 e. The van der Waals surface area contributed by atoms with Gasteiger partial charge in [-0.05, 0) is 60.0 Å². The topological polar surface area (TPSA) is 145 Å². The molecule has 31 heavy (non-hydrogen) atoms. The van der Waals surface area contributed by atoms with Crippen LogP contribution in [0.5, 0.6) is 0 Å². The van der Waals surface area contributed by atoms with Gasteiger partial charge in [-0.2, -0.15) is 0 Å². The lowest BCUT2D eigenvalue weighted by Crippen LogP contribution is -2.21. The zero-order valence-corrected chi connectivity index (χ0v) is 17.5. The van der Waals surface area contributed by atoms with E-state index in [-0.39, 0.29) is 15.5 Å². The average molecular weight is 460 g/mol. The van der Waals surface area contributed by atoms with Crippen molar-refractivity contribution < 1.29 is 27.5 Å². The lowest BCUT2D eigenvalue weighted by atomic mass is 10.2. The van der Waals surface area contributed by atoms with E-state index in [0.29, 0.717) is 11.3 Å². The molecule has 0 bridgehead atoms. The molecule has 2 aromatic carbocycles. The number of carbonyl (C=O) groups excluding carboxylic acids is 3. The summed E-state index contributed by atoms with van der Waals surface area (Å²) in [7, 11) is -3.69. The van der Waals surface area contributed by atoms with Gasteiger partial charge in [-0.15, -0.1) is 11.3 Å². The molecule has 4 N–H and O–H groups in total. The van der Waals surface area contributed by atoms with E-state index in [1.807, 2.05) is 0 Å². The molecule has 3 rings (SSSR count). The molecule has 2 amide bonds. The molecule has 0 saturated carbocycles. The zero-order chi connectivity index (χ0) is 22.4. The summed E-state index contributed by atoms with van der Waals surface area (Å²) < 4.78 is 31.9. The summed E-state index contributed by atoms with van der Waals surface area (Å²) in [5.74, 6) is -1.90. The van der Waals surface area contributed by atoms with Crippen molar-refractivity contribution in [3.63, 3.8) is 0 Å². The minimum absolute atomic E-state index is 0.151. The summed E-state index contributed by atoms with van der Waals surface area (Å²) in [5.41, 5.74) is 6.28. The van der Waals surface area contributed by atoms with Gasteiger partial charge in [0.2, 0.25) is 5.91 Å². The Bertz CT molecular complexity index is 1190. The van der Waals surface area contributed by atoms with Crippen molar-refractivity contribution in [2.75, 3.05) is 16.6 Å². The van der Waals surface area contributed by atoms with E-state index in [4.69, 9.17) is 10.5 Å². The number of ether oxygens (including phenoxy) is 1. The van der Waals surface area contributed by atoms with Gasteiger partial charge in [0.25, 0.3) is 15.9 Å². The first-order valence-corrected chi connectivity index (χ1v) is 11.1. The normalized spacial score (nSPS) is 10.8. The molecule has 3 aromatic rings. The van der Waals surface area contributed by atoms with Crippen LogP contribution in [0.15, 0.2) is 70.3 Å². The molecule has 1 aromatic heterocycles. The number of carbonyl (C=O) groups is 3. The van der Waals surface area contributed by atoms with Crippen LogP contribution in [0.4, 0.5) is 11.4 Å². The van der Waals surface area contributed by atoms with Crippen molar-refractivity contribution in [2.45, 2.75) is 4.21 Å². The third kappa shape index (κ3) is 5.90. The van der Waals surface area contributed by atoms with Crippen LogP contribution in [-0.2, 0) is 19.6 Å². The standard InChI is InChI=1S/C20H17N3O6S2/c21-19(25)13-3-7-15(8-4-13)22-17(24)12-29-20(26)14-5-9-16(10-6-14)23-31(27,28)18-2-1-11-30-18/h1-11,23H,12H2,(H2,21,25)(H,22,24). The molecule has 0 aliphatic rings. The van der Waals surface area contributed by atoms with Crippen LogP contribution in [0, 0.1) is 0 Å². The van der Waals surface area contributed by atoms with Gasteiger partial charge in [0.1, 0.15) is 4.21 Å².